The second-order valence-electron chi connectivity index (χ2n) is 5.25. The smallest absolute Gasteiger partial charge is 0.322 e. The summed E-state index contributed by atoms with van der Waals surface area (Å²) in [4.78, 5) is 11.9. The summed E-state index contributed by atoms with van der Waals surface area (Å²) in [5.41, 5.74) is 4.91. The topological polar surface area (TPSA) is 38.3 Å². The molecule has 3 rings (SSSR count). The number of esters is 1. The molecule has 3 nitrogen and oxygen atoms in total. The van der Waals surface area contributed by atoms with Gasteiger partial charge in [0.05, 0.1) is 12.6 Å². The van der Waals surface area contributed by atoms with Gasteiger partial charge in [-0.05, 0) is 36.1 Å². The van der Waals surface area contributed by atoms with Crippen LogP contribution < -0.4 is 5.32 Å². The summed E-state index contributed by atoms with van der Waals surface area (Å²) in [6.45, 7) is 4.08. The van der Waals surface area contributed by atoms with Crippen LogP contribution in [-0.4, -0.2) is 18.6 Å². The third-order valence-corrected chi connectivity index (χ3v) is 3.89. The second kappa shape index (κ2) is 5.70. The molecule has 0 aromatic heterocycles. The first kappa shape index (κ1) is 13.8. The highest BCUT2D eigenvalue weighted by Gasteiger charge is 2.30. The van der Waals surface area contributed by atoms with Crippen molar-refractivity contribution in [1.29, 1.82) is 0 Å². The maximum Gasteiger partial charge on any atom is 0.322 e. The average Bonchev–Trinajstić information content (AvgIpc) is 2.82. The second-order valence-corrected chi connectivity index (χ2v) is 5.25. The molecule has 0 heterocycles. The van der Waals surface area contributed by atoms with Crippen LogP contribution in [0.15, 0.2) is 48.5 Å². The van der Waals surface area contributed by atoms with Crippen LogP contribution in [-0.2, 0) is 9.53 Å². The highest BCUT2D eigenvalue weighted by molar-refractivity contribution is 5.80. The van der Waals surface area contributed by atoms with Crippen LogP contribution in [0.5, 0.6) is 0 Å². The zero-order valence-electron chi connectivity index (χ0n) is 12.3. The number of fused-ring (bicyclic) bond motifs is 3. The Labute approximate surface area is 124 Å². The fraction of sp³-hybridized carbons (Fsp3) is 0.278. The molecule has 1 aliphatic carbocycles. The van der Waals surface area contributed by atoms with Crippen molar-refractivity contribution in [2.75, 3.05) is 6.61 Å². The first-order valence-corrected chi connectivity index (χ1v) is 7.33. The standard InChI is InChI=1S/C18H19NO2/c1-3-21-18(20)12(2)19-17-15-10-6-4-8-13(15)14-9-5-7-11-16(14)17/h4-12,17,19H,3H2,1-2H3. The van der Waals surface area contributed by atoms with Crippen LogP contribution in [0.2, 0.25) is 0 Å². The molecule has 1 unspecified atom stereocenters. The summed E-state index contributed by atoms with van der Waals surface area (Å²) < 4.78 is 5.09. The Morgan fingerprint density at radius 1 is 1.10 bits per heavy atom. The van der Waals surface area contributed by atoms with Crippen molar-refractivity contribution < 1.29 is 9.53 Å². The predicted molar refractivity (Wildman–Crippen MR) is 83.0 cm³/mol. The van der Waals surface area contributed by atoms with Crippen LogP contribution in [0.1, 0.15) is 31.0 Å². The summed E-state index contributed by atoms with van der Waals surface area (Å²) in [5.74, 6) is -0.209. The van der Waals surface area contributed by atoms with Crippen LogP contribution in [0, 0.1) is 0 Å². The Bertz CT molecular complexity index is 620. The van der Waals surface area contributed by atoms with Gasteiger partial charge in [-0.1, -0.05) is 48.5 Å². The molecule has 0 fully saturated rings. The van der Waals surface area contributed by atoms with Crippen molar-refractivity contribution >= 4 is 5.97 Å². The molecule has 2 aromatic carbocycles. The highest BCUT2D eigenvalue weighted by Crippen LogP contribution is 2.43. The maximum atomic E-state index is 11.9. The molecule has 1 atom stereocenters. The van der Waals surface area contributed by atoms with Crippen molar-refractivity contribution in [3.05, 3.63) is 59.7 Å². The Morgan fingerprint density at radius 3 is 2.14 bits per heavy atom. The highest BCUT2D eigenvalue weighted by atomic mass is 16.5. The molecule has 0 amide bonds. The van der Waals surface area contributed by atoms with E-state index in [0.29, 0.717) is 6.61 Å². The quantitative estimate of drug-likeness (QED) is 0.874. The number of hydrogen-bond donors (Lipinski definition) is 1. The lowest BCUT2D eigenvalue weighted by Crippen LogP contribution is -2.37. The molecule has 0 saturated carbocycles. The SMILES string of the molecule is CCOC(=O)C(C)NC1c2ccccc2-c2ccccc21. The van der Waals surface area contributed by atoms with E-state index in [2.05, 4.69) is 29.6 Å². The van der Waals surface area contributed by atoms with E-state index in [0.717, 1.165) is 0 Å². The predicted octanol–water partition coefficient (Wildman–Crippen LogP) is 3.30. The number of hydrogen-bond acceptors (Lipinski definition) is 3. The van der Waals surface area contributed by atoms with E-state index in [1.807, 2.05) is 38.1 Å². The molecule has 0 radical (unpaired) electrons. The number of benzene rings is 2. The lowest BCUT2D eigenvalue weighted by atomic mass is 10.0. The monoisotopic (exact) mass is 281 g/mol. The van der Waals surface area contributed by atoms with Crippen LogP contribution in [0.4, 0.5) is 0 Å². The van der Waals surface area contributed by atoms with Crippen LogP contribution in [0.25, 0.3) is 11.1 Å². The summed E-state index contributed by atoms with van der Waals surface area (Å²) in [7, 11) is 0. The lowest BCUT2D eigenvalue weighted by Gasteiger charge is -2.20. The normalized spacial score (nSPS) is 14.4. The minimum absolute atomic E-state index is 0.0387. The number of ether oxygens (including phenoxy) is 1. The van der Waals surface area contributed by atoms with Crippen molar-refractivity contribution in [2.24, 2.45) is 0 Å². The molecule has 21 heavy (non-hydrogen) atoms. The zero-order chi connectivity index (χ0) is 14.8. The molecular weight excluding hydrogens is 262 g/mol. The van der Waals surface area contributed by atoms with E-state index >= 15 is 0 Å². The zero-order valence-corrected chi connectivity index (χ0v) is 12.3. The van der Waals surface area contributed by atoms with Gasteiger partial charge >= 0.3 is 5.97 Å². The van der Waals surface area contributed by atoms with Crippen molar-refractivity contribution in [2.45, 2.75) is 25.9 Å². The van der Waals surface area contributed by atoms with Gasteiger partial charge in [0, 0.05) is 0 Å². The third-order valence-electron chi connectivity index (χ3n) is 3.89. The van der Waals surface area contributed by atoms with Gasteiger partial charge in [0.1, 0.15) is 6.04 Å². The Hall–Kier alpha value is -2.13. The van der Waals surface area contributed by atoms with E-state index in [1.165, 1.54) is 22.3 Å². The van der Waals surface area contributed by atoms with Gasteiger partial charge in [-0.2, -0.15) is 0 Å². The van der Waals surface area contributed by atoms with Gasteiger partial charge in [-0.15, -0.1) is 0 Å². The molecule has 0 aliphatic heterocycles. The Balaban J connectivity index is 1.94. The minimum atomic E-state index is -0.339. The Morgan fingerprint density at radius 2 is 1.62 bits per heavy atom. The van der Waals surface area contributed by atoms with Gasteiger partial charge in [0.2, 0.25) is 0 Å². The fourth-order valence-corrected chi connectivity index (χ4v) is 2.92. The summed E-state index contributed by atoms with van der Waals surface area (Å²) >= 11 is 0. The summed E-state index contributed by atoms with van der Waals surface area (Å²) in [6, 6.07) is 16.4. The summed E-state index contributed by atoms with van der Waals surface area (Å²) in [5, 5.41) is 3.40. The number of rotatable bonds is 4. The molecule has 0 bridgehead atoms. The third kappa shape index (κ3) is 2.45. The van der Waals surface area contributed by atoms with E-state index in [9.17, 15) is 4.79 Å². The van der Waals surface area contributed by atoms with E-state index in [-0.39, 0.29) is 18.1 Å². The van der Waals surface area contributed by atoms with Gasteiger partial charge in [-0.3, -0.25) is 10.1 Å². The van der Waals surface area contributed by atoms with E-state index in [4.69, 9.17) is 4.74 Å². The maximum absolute atomic E-state index is 11.9. The molecule has 0 saturated heterocycles. The van der Waals surface area contributed by atoms with Crippen molar-refractivity contribution in [3.63, 3.8) is 0 Å². The van der Waals surface area contributed by atoms with Gasteiger partial charge < -0.3 is 4.74 Å². The van der Waals surface area contributed by atoms with Crippen LogP contribution in [0.3, 0.4) is 0 Å². The largest absolute Gasteiger partial charge is 0.465 e. The molecule has 1 aliphatic rings. The van der Waals surface area contributed by atoms with E-state index < -0.39 is 0 Å². The molecule has 108 valence electrons. The Kier molecular flexibility index (Phi) is 3.76. The summed E-state index contributed by atoms with van der Waals surface area (Å²) in [6.07, 6.45) is 0. The van der Waals surface area contributed by atoms with Gasteiger partial charge in [-0.25, -0.2) is 0 Å². The number of nitrogens with one attached hydrogen (secondary N) is 1. The minimum Gasteiger partial charge on any atom is -0.465 e. The van der Waals surface area contributed by atoms with Crippen molar-refractivity contribution in [1.82, 2.24) is 5.32 Å². The molecule has 3 heteroatoms. The van der Waals surface area contributed by atoms with Gasteiger partial charge in [0.15, 0.2) is 0 Å². The lowest BCUT2D eigenvalue weighted by molar-refractivity contribution is -0.145. The first-order valence-electron chi connectivity index (χ1n) is 7.33. The number of carbonyl (C=O) groups is 1. The van der Waals surface area contributed by atoms with Crippen LogP contribution >= 0.6 is 0 Å². The van der Waals surface area contributed by atoms with Gasteiger partial charge in [0.25, 0.3) is 0 Å². The average molecular weight is 281 g/mol. The van der Waals surface area contributed by atoms with E-state index in [1.54, 1.807) is 0 Å². The van der Waals surface area contributed by atoms with Crippen molar-refractivity contribution in [3.8, 4) is 11.1 Å². The first-order chi connectivity index (χ1) is 10.2. The number of carbonyl (C=O) groups excluding carboxylic acids is 1. The molecule has 0 spiro atoms. The molecule has 2 aromatic rings. The molecular formula is C18H19NO2. The fourth-order valence-electron chi connectivity index (χ4n) is 2.92. The molecule has 1 N–H and O–H groups in total.